The number of likely N-dealkylation sites (tertiary alicyclic amines) is 3. The monoisotopic (exact) mass is 598 g/mol. The summed E-state index contributed by atoms with van der Waals surface area (Å²) in [4.78, 5) is 37.6. The Bertz CT molecular complexity index is 1180. The van der Waals surface area contributed by atoms with Crippen molar-refractivity contribution < 1.29 is 14.0 Å². The second-order valence-corrected chi connectivity index (χ2v) is 13.5. The first-order valence-electron chi connectivity index (χ1n) is 15.8. The van der Waals surface area contributed by atoms with E-state index in [2.05, 4.69) is 30.3 Å². The summed E-state index contributed by atoms with van der Waals surface area (Å²) in [5, 5.41) is 6.63. The van der Waals surface area contributed by atoms with Gasteiger partial charge in [-0.05, 0) is 108 Å². The molecule has 1 aromatic heterocycles. The Morgan fingerprint density at radius 2 is 1.67 bits per heavy atom. The van der Waals surface area contributed by atoms with Crippen LogP contribution in [-0.2, 0) is 6.42 Å². The molecule has 0 radical (unpaired) electrons. The van der Waals surface area contributed by atoms with Gasteiger partial charge in [0.25, 0.3) is 0 Å². The van der Waals surface area contributed by atoms with Crippen molar-refractivity contribution in [3.8, 4) is 0 Å². The summed E-state index contributed by atoms with van der Waals surface area (Å²) in [7, 11) is 0. The third-order valence-electron chi connectivity index (χ3n) is 9.26. The number of carbonyl (C=O) groups excluding carboxylic acids is 2. The topological polar surface area (TPSA) is 80.8 Å². The number of carbonyl (C=O) groups is 2. The number of ketones is 1. The largest absolute Gasteiger partial charge is 0.335 e. The van der Waals surface area contributed by atoms with Crippen molar-refractivity contribution in [3.63, 3.8) is 0 Å². The van der Waals surface area contributed by atoms with Crippen LogP contribution in [0, 0.1) is 24.6 Å². The summed E-state index contributed by atoms with van der Waals surface area (Å²) in [5.74, 6) is 0.753. The molecule has 3 atom stereocenters. The highest BCUT2D eigenvalue weighted by Crippen LogP contribution is 2.26. The Hall–Kier alpha value is -2.40. The van der Waals surface area contributed by atoms with E-state index in [1.807, 2.05) is 12.1 Å². The molecule has 4 heterocycles. The van der Waals surface area contributed by atoms with Gasteiger partial charge >= 0.3 is 6.03 Å². The molecule has 0 spiro atoms. The molecule has 2 amide bonds. The molecule has 3 fully saturated rings. The molecule has 3 saturated heterocycles. The highest BCUT2D eigenvalue weighted by molar-refractivity contribution is 7.17. The molecule has 1 aromatic carbocycles. The zero-order valence-electron chi connectivity index (χ0n) is 25.2. The second-order valence-electron chi connectivity index (χ2n) is 12.5. The number of nitrogens with zero attached hydrogens (tertiary/aromatic N) is 4. The van der Waals surface area contributed by atoms with Gasteiger partial charge in [0, 0.05) is 45.7 Å². The zero-order valence-corrected chi connectivity index (χ0v) is 26.1. The number of amides is 2. The van der Waals surface area contributed by atoms with Crippen molar-refractivity contribution in [2.45, 2.75) is 64.8 Å². The third-order valence-corrected chi connectivity index (χ3v) is 10.4. The zero-order chi connectivity index (χ0) is 29.5. The maximum absolute atomic E-state index is 13.4. The van der Waals surface area contributed by atoms with Gasteiger partial charge in [0.2, 0.25) is 0 Å². The number of anilines is 1. The van der Waals surface area contributed by atoms with Crippen LogP contribution in [0.3, 0.4) is 0 Å². The van der Waals surface area contributed by atoms with Gasteiger partial charge < -0.3 is 20.0 Å². The van der Waals surface area contributed by atoms with Crippen molar-refractivity contribution in [2.75, 3.05) is 64.2 Å². The lowest BCUT2D eigenvalue weighted by atomic mass is 9.87. The quantitative estimate of drug-likeness (QED) is 0.353. The fraction of sp³-hybridized carbons (Fsp3) is 0.656. The van der Waals surface area contributed by atoms with Crippen LogP contribution in [0.25, 0.3) is 0 Å². The Morgan fingerprint density at radius 3 is 2.40 bits per heavy atom. The van der Waals surface area contributed by atoms with E-state index in [1.165, 1.54) is 62.6 Å². The number of hydrogen-bond acceptors (Lipinski definition) is 7. The van der Waals surface area contributed by atoms with Gasteiger partial charge in [0.1, 0.15) is 5.82 Å². The van der Waals surface area contributed by atoms with E-state index in [-0.39, 0.29) is 23.7 Å². The minimum Gasteiger partial charge on any atom is -0.335 e. The lowest BCUT2D eigenvalue weighted by molar-refractivity contribution is 0.102. The number of Topliss-reactive ketones (excluding diaryl/α,β-unsaturated/α-hetero) is 1. The minimum atomic E-state index is -0.239. The molecule has 5 rings (SSSR count). The molecule has 2 N–H and O–H groups in total. The van der Waals surface area contributed by atoms with Gasteiger partial charge in [-0.15, -0.1) is 0 Å². The van der Waals surface area contributed by atoms with Crippen molar-refractivity contribution in [2.24, 2.45) is 11.8 Å². The summed E-state index contributed by atoms with van der Waals surface area (Å²) in [6.45, 7) is 13.2. The number of hydrogen-bond donors (Lipinski definition) is 2. The number of rotatable bonds is 11. The smallest absolute Gasteiger partial charge is 0.321 e. The van der Waals surface area contributed by atoms with E-state index >= 15 is 0 Å². The molecule has 0 saturated carbocycles. The van der Waals surface area contributed by atoms with Crippen LogP contribution in [0.5, 0.6) is 0 Å². The van der Waals surface area contributed by atoms with Gasteiger partial charge in [-0.25, -0.2) is 14.2 Å². The molecule has 10 heteroatoms. The summed E-state index contributed by atoms with van der Waals surface area (Å²) in [6.07, 6.45) is 8.00. The fourth-order valence-electron chi connectivity index (χ4n) is 6.98. The molecule has 3 aliphatic rings. The molecular weight excluding hydrogens is 551 g/mol. The fourth-order valence-corrected chi connectivity index (χ4v) is 7.84. The Balaban J connectivity index is 1.16. The summed E-state index contributed by atoms with van der Waals surface area (Å²) < 4.78 is 13.4. The lowest BCUT2D eigenvalue weighted by Crippen LogP contribution is -2.53. The maximum atomic E-state index is 13.4. The molecule has 0 aliphatic carbocycles. The van der Waals surface area contributed by atoms with Crippen molar-refractivity contribution >= 4 is 28.3 Å². The summed E-state index contributed by atoms with van der Waals surface area (Å²) in [6, 6.07) is 6.83. The van der Waals surface area contributed by atoms with E-state index in [0.717, 1.165) is 65.1 Å². The molecule has 0 unspecified atom stereocenters. The van der Waals surface area contributed by atoms with Crippen molar-refractivity contribution in [3.05, 3.63) is 46.2 Å². The van der Waals surface area contributed by atoms with Crippen LogP contribution >= 0.6 is 11.3 Å². The van der Waals surface area contributed by atoms with Gasteiger partial charge in [0.05, 0.1) is 10.6 Å². The normalized spacial score (nSPS) is 24.1. The maximum Gasteiger partial charge on any atom is 0.321 e. The van der Waals surface area contributed by atoms with Crippen LogP contribution in [0.4, 0.5) is 14.3 Å². The number of aryl methyl sites for hydroxylation is 1. The SMILES string of the molecule is CC(=O)c1sc(NC(=O)N[C@@H]2CCN(CCN3CCCC3)C[C@H]2CCN2CCC[C@@H](Cc3ccc(F)cc3)C2)nc1C. The number of thiazole rings is 1. The first kappa shape index (κ1) is 31.0. The van der Waals surface area contributed by atoms with Gasteiger partial charge in [-0.1, -0.05) is 23.5 Å². The molecule has 0 bridgehead atoms. The van der Waals surface area contributed by atoms with Crippen LogP contribution in [-0.4, -0.2) is 96.4 Å². The standard InChI is InChI=1S/C32H47FN6O2S/c1-23-30(24(2)40)42-32(34-23)36-31(41)35-29-12-17-39(19-18-37-13-3-4-14-37)22-27(29)11-16-38-15-5-6-26(21-38)20-25-7-9-28(33)10-8-25/h7-10,26-27,29H,3-6,11-22H2,1-2H3,(H2,34,35,36,41)/t26-,27+,29+/m0/s1. The second kappa shape index (κ2) is 14.9. The average Bonchev–Trinajstić information content (AvgIpc) is 3.62. The Morgan fingerprint density at radius 1 is 0.952 bits per heavy atom. The number of nitrogens with one attached hydrogen (secondary N) is 2. The van der Waals surface area contributed by atoms with Crippen molar-refractivity contribution in [1.29, 1.82) is 0 Å². The van der Waals surface area contributed by atoms with Crippen LogP contribution < -0.4 is 10.6 Å². The molecule has 8 nitrogen and oxygen atoms in total. The van der Waals surface area contributed by atoms with E-state index in [9.17, 15) is 14.0 Å². The Kier molecular flexibility index (Phi) is 11.0. The van der Waals surface area contributed by atoms with Gasteiger partial charge in [-0.3, -0.25) is 10.1 Å². The van der Waals surface area contributed by atoms with Crippen LogP contribution in [0.2, 0.25) is 0 Å². The number of piperidine rings is 2. The molecule has 42 heavy (non-hydrogen) atoms. The first-order valence-corrected chi connectivity index (χ1v) is 16.6. The van der Waals surface area contributed by atoms with Gasteiger partial charge in [0.15, 0.2) is 10.9 Å². The summed E-state index contributed by atoms with van der Waals surface area (Å²) >= 11 is 1.24. The Labute approximate surface area is 254 Å². The molecule has 230 valence electrons. The predicted octanol–water partition coefficient (Wildman–Crippen LogP) is 5.05. The first-order chi connectivity index (χ1) is 20.3. The molecule has 2 aromatic rings. The summed E-state index contributed by atoms with van der Waals surface area (Å²) in [5.41, 5.74) is 1.87. The highest BCUT2D eigenvalue weighted by Gasteiger charge is 2.32. The van der Waals surface area contributed by atoms with Gasteiger partial charge in [-0.2, -0.15) is 0 Å². The average molecular weight is 599 g/mol. The number of urea groups is 1. The number of aromatic nitrogens is 1. The van der Waals surface area contributed by atoms with E-state index in [0.29, 0.717) is 27.5 Å². The molecular formula is C32H47FN6O2S. The van der Waals surface area contributed by atoms with E-state index in [1.54, 1.807) is 19.1 Å². The van der Waals surface area contributed by atoms with Crippen LogP contribution in [0.1, 0.15) is 66.4 Å². The number of benzene rings is 1. The van der Waals surface area contributed by atoms with Crippen LogP contribution in [0.15, 0.2) is 24.3 Å². The third kappa shape index (κ3) is 8.81. The lowest BCUT2D eigenvalue weighted by Gasteiger charge is -2.41. The highest BCUT2D eigenvalue weighted by atomic mass is 32.1. The van der Waals surface area contributed by atoms with E-state index in [4.69, 9.17) is 0 Å². The minimum absolute atomic E-state index is 0.0301. The van der Waals surface area contributed by atoms with E-state index < -0.39 is 0 Å². The molecule has 3 aliphatic heterocycles. The predicted molar refractivity (Wildman–Crippen MR) is 167 cm³/mol. The number of halogens is 1. The van der Waals surface area contributed by atoms with Crippen molar-refractivity contribution in [1.82, 2.24) is 25.0 Å².